The van der Waals surface area contributed by atoms with E-state index in [1.54, 1.807) is 0 Å². The van der Waals surface area contributed by atoms with Crippen LogP contribution in [0.2, 0.25) is 0 Å². The fourth-order valence-electron chi connectivity index (χ4n) is 2.81. The quantitative estimate of drug-likeness (QED) is 0.916. The van der Waals surface area contributed by atoms with E-state index in [1.165, 1.54) is 24.0 Å². The van der Waals surface area contributed by atoms with Crippen LogP contribution in [0.5, 0.6) is 0 Å². The van der Waals surface area contributed by atoms with Gasteiger partial charge in [0.15, 0.2) is 0 Å². The normalized spacial score (nSPS) is 16.7. The Hall–Kier alpha value is -1.61. The molecule has 1 aromatic heterocycles. The van der Waals surface area contributed by atoms with Crippen molar-refractivity contribution in [3.8, 4) is 11.1 Å². The molecular formula is C16H20N2O. The maximum atomic E-state index is 5.49. The van der Waals surface area contributed by atoms with E-state index in [2.05, 4.69) is 41.7 Å². The first-order valence-electron chi connectivity index (χ1n) is 7.04. The van der Waals surface area contributed by atoms with E-state index in [1.807, 2.05) is 6.20 Å². The van der Waals surface area contributed by atoms with Crippen molar-refractivity contribution in [1.82, 2.24) is 10.5 Å². The van der Waals surface area contributed by atoms with Gasteiger partial charge in [-0.1, -0.05) is 35.0 Å². The van der Waals surface area contributed by atoms with Crippen LogP contribution in [0.25, 0.3) is 11.1 Å². The Bertz CT molecular complexity index is 541. The highest BCUT2D eigenvalue weighted by Crippen LogP contribution is 2.28. The molecule has 2 aromatic rings. The van der Waals surface area contributed by atoms with E-state index in [9.17, 15) is 0 Å². The van der Waals surface area contributed by atoms with E-state index < -0.39 is 0 Å². The molecule has 2 heterocycles. The molecule has 1 saturated heterocycles. The van der Waals surface area contributed by atoms with Crippen LogP contribution in [0.15, 0.2) is 35.0 Å². The van der Waals surface area contributed by atoms with Crippen LogP contribution in [0.4, 0.5) is 0 Å². The minimum atomic E-state index is 0.720. The molecule has 1 aromatic carbocycles. The number of nitrogens with one attached hydrogen (secondary N) is 1. The molecule has 0 spiro atoms. The van der Waals surface area contributed by atoms with Gasteiger partial charge in [0.2, 0.25) is 0 Å². The summed E-state index contributed by atoms with van der Waals surface area (Å²) in [5.41, 5.74) is 3.64. The van der Waals surface area contributed by atoms with Crippen LogP contribution in [-0.2, 0) is 6.42 Å². The van der Waals surface area contributed by atoms with Gasteiger partial charge in [-0.3, -0.25) is 0 Å². The van der Waals surface area contributed by atoms with Crippen LogP contribution in [-0.4, -0.2) is 18.2 Å². The first kappa shape index (κ1) is 12.4. The number of nitrogens with zero attached hydrogens (tertiary/aromatic N) is 1. The predicted octanol–water partition coefficient (Wildman–Crippen LogP) is 3.19. The van der Waals surface area contributed by atoms with Crippen molar-refractivity contribution in [1.29, 1.82) is 0 Å². The van der Waals surface area contributed by atoms with Crippen molar-refractivity contribution in [2.75, 3.05) is 13.1 Å². The van der Waals surface area contributed by atoms with E-state index in [4.69, 9.17) is 4.52 Å². The molecule has 1 N–H and O–H groups in total. The molecule has 0 amide bonds. The zero-order valence-electron chi connectivity index (χ0n) is 11.4. The Morgan fingerprint density at radius 3 is 2.95 bits per heavy atom. The maximum Gasteiger partial charge on any atom is 0.144 e. The number of aromatic nitrogens is 1. The summed E-state index contributed by atoms with van der Waals surface area (Å²) in [6, 6.07) is 8.53. The first-order chi connectivity index (χ1) is 9.33. The number of rotatable bonds is 3. The van der Waals surface area contributed by atoms with Gasteiger partial charge >= 0.3 is 0 Å². The van der Waals surface area contributed by atoms with E-state index in [0.29, 0.717) is 0 Å². The number of benzene rings is 1. The lowest BCUT2D eigenvalue weighted by molar-refractivity contribution is 0.319. The molecular weight excluding hydrogens is 236 g/mol. The van der Waals surface area contributed by atoms with Gasteiger partial charge in [-0.05, 0) is 44.3 Å². The number of hydrogen-bond donors (Lipinski definition) is 1. The SMILES string of the molecule is Cc1cccc(-c2cnoc2CC2CCNCC2)c1. The Morgan fingerprint density at radius 1 is 1.32 bits per heavy atom. The predicted molar refractivity (Wildman–Crippen MR) is 76.0 cm³/mol. The fourth-order valence-corrected chi connectivity index (χ4v) is 2.81. The summed E-state index contributed by atoms with van der Waals surface area (Å²) in [5, 5.41) is 7.40. The van der Waals surface area contributed by atoms with Gasteiger partial charge in [0.1, 0.15) is 5.76 Å². The summed E-state index contributed by atoms with van der Waals surface area (Å²) in [4.78, 5) is 0. The molecule has 0 saturated carbocycles. The summed E-state index contributed by atoms with van der Waals surface area (Å²) >= 11 is 0. The smallest absolute Gasteiger partial charge is 0.144 e. The Kier molecular flexibility index (Phi) is 3.65. The first-order valence-corrected chi connectivity index (χ1v) is 7.04. The molecule has 0 bridgehead atoms. The summed E-state index contributed by atoms with van der Waals surface area (Å²) in [6.45, 7) is 4.36. The molecule has 3 heteroatoms. The number of piperidine rings is 1. The summed E-state index contributed by atoms with van der Waals surface area (Å²) < 4.78 is 5.49. The average molecular weight is 256 g/mol. The Balaban J connectivity index is 1.81. The third-order valence-corrected chi connectivity index (χ3v) is 3.91. The minimum absolute atomic E-state index is 0.720. The zero-order chi connectivity index (χ0) is 13.1. The molecule has 1 aliphatic rings. The summed E-state index contributed by atoms with van der Waals surface area (Å²) in [5.74, 6) is 1.76. The topological polar surface area (TPSA) is 38.1 Å². The number of hydrogen-bond acceptors (Lipinski definition) is 3. The highest BCUT2D eigenvalue weighted by molar-refractivity contribution is 5.65. The van der Waals surface area contributed by atoms with Crippen LogP contribution in [0, 0.1) is 12.8 Å². The Morgan fingerprint density at radius 2 is 2.16 bits per heavy atom. The van der Waals surface area contributed by atoms with Gasteiger partial charge in [-0.15, -0.1) is 0 Å². The molecule has 3 rings (SSSR count). The Labute approximate surface area is 114 Å². The molecule has 1 aliphatic heterocycles. The lowest BCUT2D eigenvalue weighted by Gasteiger charge is -2.21. The lowest BCUT2D eigenvalue weighted by atomic mass is 9.91. The van der Waals surface area contributed by atoms with E-state index in [-0.39, 0.29) is 0 Å². The average Bonchev–Trinajstić information content (AvgIpc) is 2.88. The van der Waals surface area contributed by atoms with Crippen molar-refractivity contribution in [2.45, 2.75) is 26.2 Å². The van der Waals surface area contributed by atoms with Gasteiger partial charge in [0, 0.05) is 12.0 Å². The van der Waals surface area contributed by atoms with Crippen LogP contribution >= 0.6 is 0 Å². The highest BCUT2D eigenvalue weighted by Gasteiger charge is 2.18. The molecule has 0 aliphatic carbocycles. The maximum absolute atomic E-state index is 5.49. The minimum Gasteiger partial charge on any atom is -0.361 e. The van der Waals surface area contributed by atoms with E-state index >= 15 is 0 Å². The van der Waals surface area contributed by atoms with Crippen LogP contribution < -0.4 is 5.32 Å². The molecule has 0 atom stereocenters. The fraction of sp³-hybridized carbons (Fsp3) is 0.438. The van der Waals surface area contributed by atoms with Crippen molar-refractivity contribution in [3.05, 3.63) is 41.8 Å². The second kappa shape index (κ2) is 5.57. The zero-order valence-corrected chi connectivity index (χ0v) is 11.4. The summed E-state index contributed by atoms with van der Waals surface area (Å²) in [6.07, 6.45) is 5.32. The van der Waals surface area contributed by atoms with Gasteiger partial charge in [-0.25, -0.2) is 0 Å². The van der Waals surface area contributed by atoms with Crippen LogP contribution in [0.1, 0.15) is 24.2 Å². The standard InChI is InChI=1S/C16H20N2O/c1-12-3-2-4-14(9-12)15-11-18-19-16(15)10-13-5-7-17-8-6-13/h2-4,9,11,13,17H,5-8,10H2,1H3. The molecule has 3 nitrogen and oxygen atoms in total. The molecule has 19 heavy (non-hydrogen) atoms. The monoisotopic (exact) mass is 256 g/mol. The van der Waals surface area contributed by atoms with Crippen molar-refractivity contribution >= 4 is 0 Å². The van der Waals surface area contributed by atoms with Crippen molar-refractivity contribution < 1.29 is 4.52 Å². The largest absolute Gasteiger partial charge is 0.361 e. The lowest BCUT2D eigenvalue weighted by Crippen LogP contribution is -2.28. The van der Waals surface area contributed by atoms with Crippen LogP contribution in [0.3, 0.4) is 0 Å². The third kappa shape index (κ3) is 2.87. The highest BCUT2D eigenvalue weighted by atomic mass is 16.5. The summed E-state index contributed by atoms with van der Waals surface area (Å²) in [7, 11) is 0. The second-order valence-corrected chi connectivity index (χ2v) is 5.43. The number of aryl methyl sites for hydroxylation is 1. The molecule has 0 radical (unpaired) electrons. The second-order valence-electron chi connectivity index (χ2n) is 5.43. The third-order valence-electron chi connectivity index (χ3n) is 3.91. The van der Waals surface area contributed by atoms with Gasteiger partial charge in [0.05, 0.1) is 6.20 Å². The van der Waals surface area contributed by atoms with Gasteiger partial charge in [-0.2, -0.15) is 0 Å². The molecule has 100 valence electrons. The van der Waals surface area contributed by atoms with Gasteiger partial charge in [0.25, 0.3) is 0 Å². The van der Waals surface area contributed by atoms with E-state index in [0.717, 1.165) is 36.8 Å². The molecule has 1 fully saturated rings. The van der Waals surface area contributed by atoms with Gasteiger partial charge < -0.3 is 9.84 Å². The van der Waals surface area contributed by atoms with Crippen molar-refractivity contribution in [2.24, 2.45) is 5.92 Å². The van der Waals surface area contributed by atoms with Crippen molar-refractivity contribution in [3.63, 3.8) is 0 Å². The molecule has 0 unspecified atom stereocenters.